The topological polar surface area (TPSA) is 99.9 Å². The third kappa shape index (κ3) is 4.66. The number of hydrogen-bond acceptors (Lipinski definition) is 7. The number of hydrogen-bond donors (Lipinski definition) is 2. The molecule has 0 amide bonds. The maximum Gasteiger partial charge on any atom is 0.336 e. The lowest BCUT2D eigenvalue weighted by atomic mass is 9.75. The Kier molecular flexibility index (Phi) is 7.90. The van der Waals surface area contributed by atoms with E-state index in [2.05, 4.69) is 5.32 Å². The molecule has 0 saturated heterocycles. The van der Waals surface area contributed by atoms with Gasteiger partial charge in [-0.3, -0.25) is 4.79 Å². The predicted molar refractivity (Wildman–Crippen MR) is 105 cm³/mol. The molecule has 1 heterocycles. The third-order valence-electron chi connectivity index (χ3n) is 4.35. The van der Waals surface area contributed by atoms with Crippen molar-refractivity contribution < 1.29 is 23.8 Å². The van der Waals surface area contributed by atoms with E-state index in [0.29, 0.717) is 34.1 Å². The highest BCUT2D eigenvalue weighted by molar-refractivity contribution is 6.31. The van der Waals surface area contributed by atoms with E-state index in [-0.39, 0.29) is 13.2 Å². The number of nitrogens with one attached hydrogen (secondary N) is 1. The number of nitrogens with two attached hydrogens (primary N) is 1. The van der Waals surface area contributed by atoms with E-state index in [1.165, 1.54) is 13.4 Å². The number of carbonyl (C=O) groups is 2. The molecule has 0 bridgehead atoms. The van der Waals surface area contributed by atoms with E-state index >= 15 is 0 Å². The summed E-state index contributed by atoms with van der Waals surface area (Å²) in [6.07, 6.45) is 1.44. The SMILES string of the molecule is CCOC(=O)C1C(=COCCN)NC(C)=C(C(=O)OC)C1c1ccccc1Cl. The fourth-order valence-electron chi connectivity index (χ4n) is 3.21. The molecule has 0 spiro atoms. The van der Waals surface area contributed by atoms with Crippen LogP contribution in [0.5, 0.6) is 0 Å². The van der Waals surface area contributed by atoms with Gasteiger partial charge >= 0.3 is 11.9 Å². The molecule has 7 nitrogen and oxygen atoms in total. The molecule has 0 aliphatic carbocycles. The summed E-state index contributed by atoms with van der Waals surface area (Å²) in [4.78, 5) is 25.5. The van der Waals surface area contributed by atoms with Crippen molar-refractivity contribution in [2.75, 3.05) is 26.9 Å². The van der Waals surface area contributed by atoms with Gasteiger partial charge in [-0.1, -0.05) is 29.8 Å². The summed E-state index contributed by atoms with van der Waals surface area (Å²) in [6.45, 7) is 4.25. The first-order chi connectivity index (χ1) is 13.5. The number of carbonyl (C=O) groups excluding carboxylic acids is 2. The lowest BCUT2D eigenvalue weighted by molar-refractivity contribution is -0.147. The number of halogens is 1. The van der Waals surface area contributed by atoms with Gasteiger partial charge in [-0.15, -0.1) is 0 Å². The van der Waals surface area contributed by atoms with Gasteiger partial charge in [0, 0.05) is 23.2 Å². The summed E-state index contributed by atoms with van der Waals surface area (Å²) in [5, 5.41) is 3.51. The molecule has 0 radical (unpaired) electrons. The Bertz CT molecular complexity index is 791. The van der Waals surface area contributed by atoms with E-state index < -0.39 is 23.8 Å². The highest BCUT2D eigenvalue weighted by atomic mass is 35.5. The fraction of sp³-hybridized carbons (Fsp3) is 0.400. The van der Waals surface area contributed by atoms with Crippen LogP contribution in [0.25, 0.3) is 0 Å². The zero-order chi connectivity index (χ0) is 20.7. The molecule has 0 aromatic heterocycles. The van der Waals surface area contributed by atoms with Gasteiger partial charge in [0.1, 0.15) is 12.2 Å². The summed E-state index contributed by atoms with van der Waals surface area (Å²) in [5.74, 6) is -2.62. The van der Waals surface area contributed by atoms with Crippen LogP contribution in [-0.4, -0.2) is 38.8 Å². The van der Waals surface area contributed by atoms with Crippen molar-refractivity contribution >= 4 is 23.5 Å². The van der Waals surface area contributed by atoms with Crippen LogP contribution < -0.4 is 11.1 Å². The highest BCUT2D eigenvalue weighted by Gasteiger charge is 2.44. The van der Waals surface area contributed by atoms with Gasteiger partial charge < -0.3 is 25.3 Å². The van der Waals surface area contributed by atoms with Crippen LogP contribution in [0, 0.1) is 5.92 Å². The largest absolute Gasteiger partial charge is 0.498 e. The molecule has 0 saturated carbocycles. The molecular weight excluding hydrogens is 384 g/mol. The molecule has 28 heavy (non-hydrogen) atoms. The van der Waals surface area contributed by atoms with E-state index in [1.54, 1.807) is 38.1 Å². The predicted octanol–water partition coefficient (Wildman–Crippen LogP) is 2.47. The van der Waals surface area contributed by atoms with Crippen molar-refractivity contribution in [3.8, 4) is 0 Å². The molecule has 2 atom stereocenters. The Morgan fingerprint density at radius 2 is 2.04 bits per heavy atom. The van der Waals surface area contributed by atoms with E-state index in [1.807, 2.05) is 0 Å². The maximum atomic E-state index is 12.9. The van der Waals surface area contributed by atoms with E-state index in [9.17, 15) is 9.59 Å². The van der Waals surface area contributed by atoms with Crippen LogP contribution in [0.15, 0.2) is 47.5 Å². The van der Waals surface area contributed by atoms with Gasteiger partial charge in [0.15, 0.2) is 0 Å². The van der Waals surface area contributed by atoms with Gasteiger partial charge in [-0.25, -0.2) is 4.79 Å². The molecule has 152 valence electrons. The molecule has 1 aliphatic heterocycles. The molecule has 0 fully saturated rings. The number of benzene rings is 1. The van der Waals surface area contributed by atoms with Crippen molar-refractivity contribution in [2.24, 2.45) is 11.7 Å². The Labute approximate surface area is 169 Å². The van der Waals surface area contributed by atoms with E-state index in [0.717, 1.165) is 0 Å². The van der Waals surface area contributed by atoms with Crippen LogP contribution in [0.1, 0.15) is 25.3 Å². The van der Waals surface area contributed by atoms with Crippen molar-refractivity contribution in [3.05, 3.63) is 58.1 Å². The van der Waals surface area contributed by atoms with E-state index in [4.69, 9.17) is 31.5 Å². The summed E-state index contributed by atoms with van der Waals surface area (Å²) in [5.41, 5.74) is 7.41. The Balaban J connectivity index is 2.68. The van der Waals surface area contributed by atoms with Gasteiger partial charge in [-0.2, -0.15) is 0 Å². The van der Waals surface area contributed by atoms with Gasteiger partial charge in [0.05, 0.1) is 31.6 Å². The molecule has 2 rings (SSSR count). The van der Waals surface area contributed by atoms with Gasteiger partial charge in [0.25, 0.3) is 0 Å². The molecule has 1 aliphatic rings. The first-order valence-corrected chi connectivity index (χ1v) is 9.32. The molecule has 2 unspecified atom stereocenters. The minimum atomic E-state index is -0.865. The average Bonchev–Trinajstić information content (AvgIpc) is 2.67. The molecule has 1 aromatic carbocycles. The lowest BCUT2D eigenvalue weighted by Gasteiger charge is -2.35. The third-order valence-corrected chi connectivity index (χ3v) is 4.69. The summed E-state index contributed by atoms with van der Waals surface area (Å²) >= 11 is 6.43. The lowest BCUT2D eigenvalue weighted by Crippen LogP contribution is -2.40. The van der Waals surface area contributed by atoms with Crippen LogP contribution in [0.3, 0.4) is 0 Å². The second-order valence-electron chi connectivity index (χ2n) is 6.12. The maximum absolute atomic E-state index is 12.9. The Morgan fingerprint density at radius 1 is 1.32 bits per heavy atom. The molecule has 1 aromatic rings. The minimum absolute atomic E-state index is 0.192. The normalized spacial score (nSPS) is 20.5. The quantitative estimate of drug-likeness (QED) is 0.406. The van der Waals surface area contributed by atoms with Gasteiger partial charge in [-0.05, 0) is 25.5 Å². The zero-order valence-electron chi connectivity index (χ0n) is 16.2. The van der Waals surface area contributed by atoms with Crippen molar-refractivity contribution in [3.63, 3.8) is 0 Å². The minimum Gasteiger partial charge on any atom is -0.498 e. The number of esters is 2. The zero-order valence-corrected chi connectivity index (χ0v) is 16.9. The first kappa shape index (κ1) is 21.8. The van der Waals surface area contributed by atoms with Crippen LogP contribution in [-0.2, 0) is 23.8 Å². The smallest absolute Gasteiger partial charge is 0.336 e. The van der Waals surface area contributed by atoms with Crippen molar-refractivity contribution in [1.82, 2.24) is 5.32 Å². The Hall–Kier alpha value is -2.51. The summed E-state index contributed by atoms with van der Waals surface area (Å²) < 4.78 is 15.7. The second-order valence-corrected chi connectivity index (χ2v) is 6.52. The van der Waals surface area contributed by atoms with Crippen LogP contribution in [0.2, 0.25) is 5.02 Å². The fourth-order valence-corrected chi connectivity index (χ4v) is 3.46. The first-order valence-electron chi connectivity index (χ1n) is 8.95. The van der Waals surface area contributed by atoms with Crippen LogP contribution >= 0.6 is 11.6 Å². The second kappa shape index (κ2) is 10.1. The van der Waals surface area contributed by atoms with Gasteiger partial charge in [0.2, 0.25) is 0 Å². The highest BCUT2D eigenvalue weighted by Crippen LogP contribution is 2.44. The monoisotopic (exact) mass is 408 g/mol. The summed E-state index contributed by atoms with van der Waals surface area (Å²) in [6, 6.07) is 7.06. The number of methoxy groups -OCH3 is 1. The standard InChI is InChI=1S/C20H25ClN2O5/c1-4-28-20(25)18-15(11-27-10-9-22)23-12(2)16(19(24)26-3)17(18)13-7-5-6-8-14(13)21/h5-8,11,17-18,23H,4,9-10,22H2,1-3H3. The number of allylic oxidation sites excluding steroid dienone is 1. The van der Waals surface area contributed by atoms with Crippen LogP contribution in [0.4, 0.5) is 0 Å². The number of rotatable bonds is 7. The molecular formula is C20H25ClN2O5. The Morgan fingerprint density at radius 3 is 2.64 bits per heavy atom. The molecule has 8 heteroatoms. The molecule has 3 N–H and O–H groups in total. The summed E-state index contributed by atoms with van der Waals surface area (Å²) in [7, 11) is 1.29. The van der Waals surface area contributed by atoms with Crippen molar-refractivity contribution in [1.29, 1.82) is 0 Å². The average molecular weight is 409 g/mol. The number of ether oxygens (including phenoxy) is 3. The van der Waals surface area contributed by atoms with Crippen molar-refractivity contribution in [2.45, 2.75) is 19.8 Å².